The van der Waals surface area contributed by atoms with Crippen LogP contribution in [0.3, 0.4) is 0 Å². The monoisotopic (exact) mass is 373 g/mol. The van der Waals surface area contributed by atoms with E-state index in [1.54, 1.807) is 38.6 Å². The minimum Gasteiger partial charge on any atom is -0.493 e. The Morgan fingerprint density at radius 1 is 1.19 bits per heavy atom. The van der Waals surface area contributed by atoms with Gasteiger partial charge in [-0.15, -0.1) is 0 Å². The van der Waals surface area contributed by atoms with Gasteiger partial charge in [-0.25, -0.2) is 14.8 Å². The first-order chi connectivity index (χ1) is 13.2. The number of amides is 2. The molecule has 2 amide bonds. The number of rotatable bonds is 6. The number of methoxy groups -OCH3 is 2. The first-order valence-corrected chi connectivity index (χ1v) is 8.61. The normalized spacial score (nSPS) is 13.8. The van der Waals surface area contributed by atoms with E-state index in [-0.39, 0.29) is 12.6 Å². The Labute approximate surface area is 157 Å². The number of aromatic nitrogens is 2. The topological polar surface area (TPSA) is 97.8 Å². The summed E-state index contributed by atoms with van der Waals surface area (Å²) in [5.74, 6) is 2.51. The van der Waals surface area contributed by atoms with Crippen molar-refractivity contribution in [1.82, 2.24) is 15.3 Å². The standard InChI is InChI=1S/C18H23N5O4/c1-25-14-4-3-13(11-15(14)26-2)21-18(24)20-12-16-19-6-5-17(22-16)23-7-9-27-10-8-23/h3-6,11H,7-10,12H2,1-2H3,(H2,20,21,24). The Balaban J connectivity index is 1.56. The summed E-state index contributed by atoms with van der Waals surface area (Å²) < 4.78 is 15.8. The summed E-state index contributed by atoms with van der Waals surface area (Å²) in [5.41, 5.74) is 0.591. The SMILES string of the molecule is COc1ccc(NC(=O)NCc2nccc(N3CCOCC3)n2)cc1OC. The molecule has 1 saturated heterocycles. The van der Waals surface area contributed by atoms with Crippen molar-refractivity contribution < 1.29 is 19.0 Å². The molecule has 1 fully saturated rings. The predicted molar refractivity (Wildman–Crippen MR) is 100 cm³/mol. The number of carbonyl (C=O) groups excluding carboxylic acids is 1. The molecule has 9 heteroatoms. The van der Waals surface area contributed by atoms with Gasteiger partial charge in [0.1, 0.15) is 11.6 Å². The van der Waals surface area contributed by atoms with Gasteiger partial charge >= 0.3 is 6.03 Å². The van der Waals surface area contributed by atoms with E-state index in [0.717, 1.165) is 18.9 Å². The Kier molecular flexibility index (Phi) is 6.26. The van der Waals surface area contributed by atoms with Gasteiger partial charge in [0.05, 0.1) is 34.0 Å². The van der Waals surface area contributed by atoms with Gasteiger partial charge in [0, 0.05) is 31.0 Å². The van der Waals surface area contributed by atoms with Gasteiger partial charge in [-0.2, -0.15) is 0 Å². The van der Waals surface area contributed by atoms with Gasteiger partial charge in [0.2, 0.25) is 0 Å². The Hall–Kier alpha value is -3.07. The number of nitrogens with one attached hydrogen (secondary N) is 2. The molecule has 0 atom stereocenters. The fourth-order valence-electron chi connectivity index (χ4n) is 2.69. The highest BCUT2D eigenvalue weighted by Crippen LogP contribution is 2.29. The van der Waals surface area contributed by atoms with E-state index in [4.69, 9.17) is 14.2 Å². The lowest BCUT2D eigenvalue weighted by atomic mass is 10.3. The molecule has 1 aromatic carbocycles. The largest absolute Gasteiger partial charge is 0.493 e. The van der Waals surface area contributed by atoms with Gasteiger partial charge in [-0.3, -0.25) is 0 Å². The third-order valence-corrected chi connectivity index (χ3v) is 4.07. The Morgan fingerprint density at radius 3 is 2.70 bits per heavy atom. The smallest absolute Gasteiger partial charge is 0.319 e. The van der Waals surface area contributed by atoms with Gasteiger partial charge in [-0.05, 0) is 18.2 Å². The molecule has 0 bridgehead atoms. The van der Waals surface area contributed by atoms with Crippen molar-refractivity contribution in [3.05, 3.63) is 36.3 Å². The fraction of sp³-hybridized carbons (Fsp3) is 0.389. The van der Waals surface area contributed by atoms with Crippen molar-refractivity contribution in [2.75, 3.05) is 50.7 Å². The van der Waals surface area contributed by atoms with Crippen molar-refractivity contribution >= 4 is 17.5 Å². The second-order valence-electron chi connectivity index (χ2n) is 5.81. The molecule has 1 aromatic heterocycles. The number of nitrogens with zero attached hydrogens (tertiary/aromatic N) is 3. The van der Waals surface area contributed by atoms with Gasteiger partial charge in [0.25, 0.3) is 0 Å². The minimum absolute atomic E-state index is 0.220. The molecule has 0 spiro atoms. The zero-order chi connectivity index (χ0) is 19.1. The number of morpholine rings is 1. The number of ether oxygens (including phenoxy) is 3. The molecule has 0 unspecified atom stereocenters. The quantitative estimate of drug-likeness (QED) is 0.794. The van der Waals surface area contributed by atoms with Crippen molar-refractivity contribution in [2.24, 2.45) is 0 Å². The van der Waals surface area contributed by atoms with E-state index in [2.05, 4.69) is 25.5 Å². The summed E-state index contributed by atoms with van der Waals surface area (Å²) in [5, 5.41) is 5.50. The van der Waals surface area contributed by atoms with E-state index in [1.165, 1.54) is 0 Å². The van der Waals surface area contributed by atoms with Crippen LogP contribution in [-0.4, -0.2) is 56.5 Å². The van der Waals surface area contributed by atoms with Crippen molar-refractivity contribution in [3.8, 4) is 11.5 Å². The third-order valence-electron chi connectivity index (χ3n) is 4.07. The van der Waals surface area contributed by atoms with E-state index in [0.29, 0.717) is 36.2 Å². The van der Waals surface area contributed by atoms with E-state index < -0.39 is 0 Å². The number of hydrogen-bond donors (Lipinski definition) is 2. The number of anilines is 2. The summed E-state index contributed by atoms with van der Waals surface area (Å²) in [4.78, 5) is 23.0. The second kappa shape index (κ2) is 9.04. The third kappa shape index (κ3) is 4.98. The molecule has 144 valence electrons. The van der Waals surface area contributed by atoms with Crippen LogP contribution in [0.4, 0.5) is 16.3 Å². The van der Waals surface area contributed by atoms with Crippen LogP contribution in [0.1, 0.15) is 5.82 Å². The number of carbonyl (C=O) groups is 1. The van der Waals surface area contributed by atoms with Crippen LogP contribution < -0.4 is 25.0 Å². The van der Waals surface area contributed by atoms with E-state index in [1.807, 2.05) is 6.07 Å². The maximum absolute atomic E-state index is 12.1. The van der Waals surface area contributed by atoms with Crippen LogP contribution >= 0.6 is 0 Å². The zero-order valence-corrected chi connectivity index (χ0v) is 15.4. The van der Waals surface area contributed by atoms with E-state index >= 15 is 0 Å². The summed E-state index contributed by atoms with van der Waals surface area (Å²) >= 11 is 0. The van der Waals surface area contributed by atoms with Crippen molar-refractivity contribution in [3.63, 3.8) is 0 Å². The Bertz CT molecular complexity index is 780. The molecule has 9 nitrogen and oxygen atoms in total. The molecule has 2 N–H and O–H groups in total. The molecular formula is C18H23N5O4. The highest BCUT2D eigenvalue weighted by molar-refractivity contribution is 5.89. The average molecular weight is 373 g/mol. The molecular weight excluding hydrogens is 350 g/mol. The molecule has 1 aliphatic heterocycles. The second-order valence-corrected chi connectivity index (χ2v) is 5.81. The molecule has 0 radical (unpaired) electrons. The molecule has 2 aromatic rings. The highest BCUT2D eigenvalue weighted by atomic mass is 16.5. The Morgan fingerprint density at radius 2 is 1.96 bits per heavy atom. The summed E-state index contributed by atoms with van der Waals surface area (Å²) in [6.07, 6.45) is 1.70. The van der Waals surface area contributed by atoms with Crippen LogP contribution in [0.25, 0.3) is 0 Å². The fourth-order valence-corrected chi connectivity index (χ4v) is 2.69. The van der Waals surface area contributed by atoms with Crippen LogP contribution in [0.15, 0.2) is 30.5 Å². The predicted octanol–water partition coefficient (Wildman–Crippen LogP) is 1.65. The van der Waals surface area contributed by atoms with Crippen molar-refractivity contribution in [2.45, 2.75) is 6.54 Å². The summed E-state index contributed by atoms with van der Waals surface area (Å²) in [7, 11) is 3.10. The molecule has 3 rings (SSSR count). The van der Waals surface area contributed by atoms with Crippen LogP contribution in [0, 0.1) is 0 Å². The maximum Gasteiger partial charge on any atom is 0.319 e. The molecule has 1 aliphatic rings. The lowest BCUT2D eigenvalue weighted by molar-refractivity contribution is 0.122. The summed E-state index contributed by atoms with van der Waals surface area (Å²) in [6, 6.07) is 6.65. The van der Waals surface area contributed by atoms with Crippen LogP contribution in [-0.2, 0) is 11.3 Å². The van der Waals surface area contributed by atoms with Crippen molar-refractivity contribution in [1.29, 1.82) is 0 Å². The number of benzene rings is 1. The first-order valence-electron chi connectivity index (χ1n) is 8.61. The molecule has 27 heavy (non-hydrogen) atoms. The number of hydrogen-bond acceptors (Lipinski definition) is 7. The maximum atomic E-state index is 12.1. The lowest BCUT2D eigenvalue weighted by Gasteiger charge is -2.27. The lowest BCUT2D eigenvalue weighted by Crippen LogP contribution is -2.37. The van der Waals surface area contributed by atoms with Gasteiger partial charge in [-0.1, -0.05) is 0 Å². The van der Waals surface area contributed by atoms with Gasteiger partial charge < -0.3 is 29.7 Å². The first kappa shape index (κ1) is 18.7. The molecule has 0 saturated carbocycles. The zero-order valence-electron chi connectivity index (χ0n) is 15.4. The van der Waals surface area contributed by atoms with Crippen LogP contribution in [0.2, 0.25) is 0 Å². The van der Waals surface area contributed by atoms with Gasteiger partial charge in [0.15, 0.2) is 11.5 Å². The molecule has 2 heterocycles. The average Bonchev–Trinajstić information content (AvgIpc) is 2.73. The van der Waals surface area contributed by atoms with Crippen LogP contribution in [0.5, 0.6) is 11.5 Å². The number of urea groups is 1. The highest BCUT2D eigenvalue weighted by Gasteiger charge is 2.13. The minimum atomic E-state index is -0.359. The van der Waals surface area contributed by atoms with E-state index in [9.17, 15) is 4.79 Å². The summed E-state index contributed by atoms with van der Waals surface area (Å²) in [6.45, 7) is 3.18. The molecule has 0 aliphatic carbocycles.